The molecule has 0 spiro atoms. The van der Waals surface area contributed by atoms with Crippen LogP contribution in [0.3, 0.4) is 0 Å². The molecule has 0 radical (unpaired) electrons. The van der Waals surface area contributed by atoms with Crippen molar-refractivity contribution < 1.29 is 4.48 Å². The Labute approximate surface area is 137 Å². The van der Waals surface area contributed by atoms with Gasteiger partial charge in [-0.1, -0.05) is 41.9 Å². The lowest BCUT2D eigenvalue weighted by Crippen LogP contribution is -2.33. The highest BCUT2D eigenvalue weighted by molar-refractivity contribution is 6.30. The van der Waals surface area contributed by atoms with Crippen molar-refractivity contribution in [1.82, 2.24) is 4.57 Å². The molecule has 1 heterocycles. The van der Waals surface area contributed by atoms with Crippen molar-refractivity contribution in [2.45, 2.75) is 6.54 Å². The first-order chi connectivity index (χ1) is 10.4. The molecular formula is C19H22ClN2+. The molecule has 0 amide bonds. The fourth-order valence-electron chi connectivity index (χ4n) is 3.08. The summed E-state index contributed by atoms with van der Waals surface area (Å²) in [7, 11) is 8.83. The van der Waals surface area contributed by atoms with Gasteiger partial charge in [-0.25, -0.2) is 0 Å². The van der Waals surface area contributed by atoms with E-state index in [4.69, 9.17) is 11.6 Å². The number of rotatable bonds is 3. The van der Waals surface area contributed by atoms with E-state index in [1.807, 2.05) is 12.1 Å². The van der Waals surface area contributed by atoms with Crippen molar-refractivity contribution in [2.24, 2.45) is 7.05 Å². The summed E-state index contributed by atoms with van der Waals surface area (Å²) in [6, 6.07) is 16.8. The number of quaternary nitrogens is 1. The van der Waals surface area contributed by atoms with E-state index in [-0.39, 0.29) is 0 Å². The Morgan fingerprint density at radius 3 is 2.23 bits per heavy atom. The van der Waals surface area contributed by atoms with E-state index < -0.39 is 0 Å². The van der Waals surface area contributed by atoms with Crippen LogP contribution in [0, 0.1) is 0 Å². The lowest BCUT2D eigenvalue weighted by molar-refractivity contribution is -0.883. The molecule has 0 aliphatic carbocycles. The summed E-state index contributed by atoms with van der Waals surface area (Å²) in [6.45, 7) is 0.985. The zero-order chi connectivity index (χ0) is 15.9. The van der Waals surface area contributed by atoms with Crippen molar-refractivity contribution in [3.63, 3.8) is 0 Å². The molecule has 0 fully saturated rings. The summed E-state index contributed by atoms with van der Waals surface area (Å²) in [5, 5.41) is 2.11. The lowest BCUT2D eigenvalue weighted by atomic mass is 10.0. The average Bonchev–Trinajstić information content (AvgIpc) is 2.72. The summed E-state index contributed by atoms with van der Waals surface area (Å²) in [5.41, 5.74) is 5.17. The normalized spacial score (nSPS) is 12.0. The lowest BCUT2D eigenvalue weighted by Gasteiger charge is -2.24. The number of aromatic nitrogens is 1. The standard InChI is InChI=1S/C19H22ClN2/c1-21-18-8-6-5-7-16(18)17(13-22(2,3)4)19(21)14-9-11-15(20)12-10-14/h5-12H,13H2,1-4H3/q+1. The molecule has 22 heavy (non-hydrogen) atoms. The Morgan fingerprint density at radius 1 is 0.955 bits per heavy atom. The molecule has 3 heteroatoms. The number of aryl methyl sites for hydroxylation is 1. The Morgan fingerprint density at radius 2 is 1.59 bits per heavy atom. The zero-order valence-electron chi connectivity index (χ0n) is 13.6. The molecule has 0 bridgehead atoms. The second-order valence-electron chi connectivity index (χ2n) is 6.86. The maximum Gasteiger partial charge on any atom is 0.106 e. The van der Waals surface area contributed by atoms with Crippen molar-refractivity contribution in [3.8, 4) is 11.3 Å². The molecule has 0 aliphatic rings. The summed E-state index contributed by atoms with van der Waals surface area (Å²) >= 11 is 6.05. The number of para-hydroxylation sites is 1. The van der Waals surface area contributed by atoms with Crippen molar-refractivity contribution in [1.29, 1.82) is 0 Å². The quantitative estimate of drug-likeness (QED) is 0.617. The van der Waals surface area contributed by atoms with Crippen LogP contribution in [-0.4, -0.2) is 30.2 Å². The van der Waals surface area contributed by atoms with Crippen molar-refractivity contribution >= 4 is 22.5 Å². The second kappa shape index (κ2) is 5.45. The Bertz CT molecular complexity index is 808. The average molecular weight is 314 g/mol. The van der Waals surface area contributed by atoms with Gasteiger partial charge in [-0.15, -0.1) is 0 Å². The fourth-order valence-corrected chi connectivity index (χ4v) is 3.21. The van der Waals surface area contributed by atoms with Crippen LogP contribution in [0.15, 0.2) is 48.5 Å². The van der Waals surface area contributed by atoms with Crippen LogP contribution in [0.5, 0.6) is 0 Å². The molecule has 3 aromatic rings. The van der Waals surface area contributed by atoms with Gasteiger partial charge in [0.05, 0.1) is 26.8 Å². The predicted octanol–water partition coefficient (Wildman–Crippen LogP) is 4.70. The number of fused-ring (bicyclic) bond motifs is 1. The van der Waals surface area contributed by atoms with Crippen molar-refractivity contribution in [3.05, 3.63) is 59.1 Å². The highest BCUT2D eigenvalue weighted by atomic mass is 35.5. The number of hydrogen-bond donors (Lipinski definition) is 0. The molecule has 0 aliphatic heterocycles. The largest absolute Gasteiger partial charge is 0.343 e. The first kappa shape index (κ1) is 15.1. The van der Waals surface area contributed by atoms with Gasteiger partial charge >= 0.3 is 0 Å². The Hall–Kier alpha value is -1.77. The van der Waals surface area contributed by atoms with E-state index in [1.54, 1.807) is 0 Å². The van der Waals surface area contributed by atoms with Crippen molar-refractivity contribution in [2.75, 3.05) is 21.1 Å². The van der Waals surface area contributed by atoms with Crippen LogP contribution >= 0.6 is 11.6 Å². The third-order valence-corrected chi connectivity index (χ3v) is 4.21. The molecule has 0 saturated carbocycles. The minimum Gasteiger partial charge on any atom is -0.343 e. The monoisotopic (exact) mass is 313 g/mol. The summed E-state index contributed by atoms with van der Waals surface area (Å²) in [6.07, 6.45) is 0. The number of nitrogens with zero attached hydrogens (tertiary/aromatic N) is 2. The second-order valence-corrected chi connectivity index (χ2v) is 7.30. The number of hydrogen-bond acceptors (Lipinski definition) is 0. The Balaban J connectivity index is 2.29. The van der Waals surface area contributed by atoms with E-state index in [0.29, 0.717) is 0 Å². The van der Waals surface area contributed by atoms with Gasteiger partial charge in [-0.3, -0.25) is 0 Å². The fraction of sp³-hybridized carbons (Fsp3) is 0.263. The zero-order valence-corrected chi connectivity index (χ0v) is 14.4. The van der Waals surface area contributed by atoms with Gasteiger partial charge in [0.2, 0.25) is 0 Å². The van der Waals surface area contributed by atoms with Crippen LogP contribution in [0.2, 0.25) is 5.02 Å². The van der Waals surface area contributed by atoms with Gasteiger partial charge in [-0.2, -0.15) is 0 Å². The summed E-state index contributed by atoms with van der Waals surface area (Å²) < 4.78 is 3.19. The van der Waals surface area contributed by atoms with Crippen LogP contribution in [0.1, 0.15) is 5.56 Å². The summed E-state index contributed by atoms with van der Waals surface area (Å²) in [4.78, 5) is 0. The third kappa shape index (κ3) is 2.77. The molecule has 1 aromatic heterocycles. The van der Waals surface area contributed by atoms with Gasteiger partial charge in [0.25, 0.3) is 0 Å². The SMILES string of the molecule is Cn1c(-c2ccc(Cl)cc2)c(C[N+](C)(C)C)c2ccccc21. The molecular weight excluding hydrogens is 292 g/mol. The van der Waals surface area contributed by atoms with E-state index in [2.05, 4.69) is 69.2 Å². The molecule has 0 saturated heterocycles. The molecule has 0 N–H and O–H groups in total. The third-order valence-electron chi connectivity index (χ3n) is 3.96. The van der Waals surface area contributed by atoms with Gasteiger partial charge < -0.3 is 9.05 Å². The highest BCUT2D eigenvalue weighted by Crippen LogP contribution is 2.34. The minimum absolute atomic E-state index is 0.774. The van der Waals surface area contributed by atoms with Crippen LogP contribution in [0.25, 0.3) is 22.2 Å². The highest BCUT2D eigenvalue weighted by Gasteiger charge is 2.21. The maximum atomic E-state index is 6.05. The maximum absolute atomic E-state index is 6.05. The molecule has 0 unspecified atom stereocenters. The molecule has 0 atom stereocenters. The topological polar surface area (TPSA) is 4.93 Å². The molecule has 2 nitrogen and oxygen atoms in total. The smallest absolute Gasteiger partial charge is 0.106 e. The van der Waals surface area contributed by atoms with Gasteiger partial charge in [-0.05, 0) is 23.8 Å². The number of halogens is 1. The van der Waals surface area contributed by atoms with Crippen LogP contribution in [-0.2, 0) is 13.6 Å². The van der Waals surface area contributed by atoms with Crippen LogP contribution < -0.4 is 0 Å². The molecule has 3 rings (SSSR count). The first-order valence-corrected chi connectivity index (χ1v) is 7.87. The first-order valence-electron chi connectivity index (χ1n) is 7.49. The summed E-state index contributed by atoms with van der Waals surface area (Å²) in [5.74, 6) is 0. The van der Waals surface area contributed by atoms with E-state index in [0.717, 1.165) is 16.1 Å². The molecule has 114 valence electrons. The van der Waals surface area contributed by atoms with E-state index in [9.17, 15) is 0 Å². The van der Waals surface area contributed by atoms with Gasteiger partial charge in [0, 0.05) is 28.5 Å². The van der Waals surface area contributed by atoms with Crippen LogP contribution in [0.4, 0.5) is 0 Å². The predicted molar refractivity (Wildman–Crippen MR) is 95.1 cm³/mol. The number of benzene rings is 2. The van der Waals surface area contributed by atoms with E-state index >= 15 is 0 Å². The van der Waals surface area contributed by atoms with Gasteiger partial charge in [0.1, 0.15) is 6.54 Å². The van der Waals surface area contributed by atoms with Gasteiger partial charge in [0.15, 0.2) is 0 Å². The molecule has 2 aromatic carbocycles. The minimum atomic E-state index is 0.774. The van der Waals surface area contributed by atoms with E-state index in [1.165, 1.54) is 27.7 Å². The Kier molecular flexibility index (Phi) is 3.75.